The SMILES string of the molecule is CO[C@@H]1[C@H](CC(=O)NC(C(N)=O)C(C)C)CC[C@]2(CCO2)[C@H]1[C@@]1(C)O[C@@H]1CC=C(C)C. The topological polar surface area (TPSA) is 103 Å². The number of hydrogen-bond donors (Lipinski definition) is 2. The minimum absolute atomic E-state index is 0.0376. The van der Waals surface area contributed by atoms with Crippen molar-refractivity contribution in [2.45, 2.75) is 96.2 Å². The van der Waals surface area contributed by atoms with E-state index >= 15 is 0 Å². The number of amides is 2. The van der Waals surface area contributed by atoms with Crippen molar-refractivity contribution in [3.05, 3.63) is 11.6 Å². The Hall–Kier alpha value is -1.44. The zero-order chi connectivity index (χ0) is 23.0. The van der Waals surface area contributed by atoms with Crippen LogP contribution in [0.5, 0.6) is 0 Å². The standard InChI is InChI=1S/C24H40N2O5/c1-14(2)7-8-17-23(5,31-17)21-20(29-6)16(9-10-24(21)11-12-30-24)13-18(27)26-19(15(3)4)22(25)28/h7,15-17,19-21H,8-13H2,1-6H3,(H2,25,28)(H,26,27)/t16-,17+,19?,20+,21+,23-,24-/m0/s1. The van der Waals surface area contributed by atoms with E-state index in [2.05, 4.69) is 32.2 Å². The van der Waals surface area contributed by atoms with E-state index in [1.54, 1.807) is 7.11 Å². The summed E-state index contributed by atoms with van der Waals surface area (Å²) in [5.41, 5.74) is 6.20. The van der Waals surface area contributed by atoms with Gasteiger partial charge in [0.05, 0.1) is 24.4 Å². The molecule has 3 rings (SSSR count). The monoisotopic (exact) mass is 436 g/mol. The van der Waals surface area contributed by atoms with Crippen molar-refractivity contribution in [2.24, 2.45) is 23.5 Å². The summed E-state index contributed by atoms with van der Waals surface area (Å²) in [4.78, 5) is 24.5. The van der Waals surface area contributed by atoms with Gasteiger partial charge in [-0.25, -0.2) is 0 Å². The van der Waals surface area contributed by atoms with Crippen molar-refractivity contribution in [1.82, 2.24) is 5.32 Å². The molecule has 2 heterocycles. The summed E-state index contributed by atoms with van der Waals surface area (Å²) in [6.45, 7) is 10.9. The number of ether oxygens (including phenoxy) is 3. The molecule has 2 saturated heterocycles. The summed E-state index contributed by atoms with van der Waals surface area (Å²) in [6, 6.07) is -0.660. The lowest BCUT2D eigenvalue weighted by Gasteiger charge is -2.56. The Bertz CT molecular complexity index is 713. The molecule has 0 bridgehead atoms. The van der Waals surface area contributed by atoms with Gasteiger partial charge in [0.15, 0.2) is 0 Å². The van der Waals surface area contributed by atoms with E-state index in [4.69, 9.17) is 19.9 Å². The number of primary amides is 1. The Morgan fingerprint density at radius 3 is 2.45 bits per heavy atom. The molecule has 7 nitrogen and oxygen atoms in total. The second-order valence-electron chi connectivity index (χ2n) is 10.3. The Kier molecular flexibility index (Phi) is 7.18. The molecular formula is C24H40N2O5. The largest absolute Gasteiger partial charge is 0.381 e. The summed E-state index contributed by atoms with van der Waals surface area (Å²) in [7, 11) is 1.72. The summed E-state index contributed by atoms with van der Waals surface area (Å²) >= 11 is 0. The van der Waals surface area contributed by atoms with Gasteiger partial charge in [0.1, 0.15) is 11.6 Å². The van der Waals surface area contributed by atoms with Crippen molar-refractivity contribution in [3.8, 4) is 0 Å². The van der Waals surface area contributed by atoms with Crippen LogP contribution in [0.25, 0.3) is 0 Å². The van der Waals surface area contributed by atoms with Gasteiger partial charge in [-0.1, -0.05) is 25.5 Å². The third-order valence-electron chi connectivity index (χ3n) is 7.56. The fraction of sp³-hybridized carbons (Fsp3) is 0.833. The lowest BCUT2D eigenvalue weighted by molar-refractivity contribution is -0.248. The van der Waals surface area contributed by atoms with Gasteiger partial charge in [0, 0.05) is 25.9 Å². The maximum atomic E-state index is 12.8. The second kappa shape index (κ2) is 9.20. The molecule has 0 radical (unpaired) electrons. The predicted octanol–water partition coefficient (Wildman–Crippen LogP) is 2.72. The van der Waals surface area contributed by atoms with Gasteiger partial charge in [-0.15, -0.1) is 0 Å². The number of allylic oxidation sites excluding steroid dienone is 1. The molecule has 3 N–H and O–H groups in total. The zero-order valence-electron chi connectivity index (χ0n) is 19.9. The first-order valence-electron chi connectivity index (χ1n) is 11.6. The van der Waals surface area contributed by atoms with Gasteiger partial charge in [0.25, 0.3) is 0 Å². The van der Waals surface area contributed by atoms with E-state index in [1.165, 1.54) is 5.57 Å². The molecule has 0 aromatic carbocycles. The van der Waals surface area contributed by atoms with Crippen LogP contribution < -0.4 is 11.1 Å². The van der Waals surface area contributed by atoms with Crippen LogP contribution in [-0.2, 0) is 23.8 Å². The molecule has 31 heavy (non-hydrogen) atoms. The number of nitrogens with two attached hydrogens (primary N) is 1. The van der Waals surface area contributed by atoms with Gasteiger partial charge in [-0.3, -0.25) is 9.59 Å². The maximum absolute atomic E-state index is 12.8. The van der Waals surface area contributed by atoms with E-state index in [-0.39, 0.29) is 47.1 Å². The second-order valence-corrected chi connectivity index (χ2v) is 10.3. The quantitative estimate of drug-likeness (QED) is 0.427. The number of carbonyl (C=O) groups excluding carboxylic acids is 2. The Balaban J connectivity index is 1.75. The lowest BCUT2D eigenvalue weighted by Crippen LogP contribution is -2.64. The first-order chi connectivity index (χ1) is 14.5. The van der Waals surface area contributed by atoms with E-state index in [1.807, 2.05) is 13.8 Å². The van der Waals surface area contributed by atoms with Crippen molar-refractivity contribution in [3.63, 3.8) is 0 Å². The summed E-state index contributed by atoms with van der Waals surface area (Å²) < 4.78 is 18.5. The van der Waals surface area contributed by atoms with Gasteiger partial charge < -0.3 is 25.3 Å². The highest BCUT2D eigenvalue weighted by molar-refractivity contribution is 5.86. The minimum atomic E-state index is -0.660. The molecule has 1 unspecified atom stereocenters. The van der Waals surface area contributed by atoms with Gasteiger partial charge >= 0.3 is 0 Å². The third-order valence-corrected chi connectivity index (χ3v) is 7.56. The molecule has 176 valence electrons. The van der Waals surface area contributed by atoms with Crippen LogP contribution in [0.15, 0.2) is 11.6 Å². The highest BCUT2D eigenvalue weighted by Crippen LogP contribution is 2.59. The smallest absolute Gasteiger partial charge is 0.240 e. The lowest BCUT2D eigenvalue weighted by atomic mass is 9.60. The number of methoxy groups -OCH3 is 1. The number of hydrogen-bond acceptors (Lipinski definition) is 5. The van der Waals surface area contributed by atoms with Crippen LogP contribution in [0.4, 0.5) is 0 Å². The molecule has 7 atom stereocenters. The first kappa shape index (κ1) is 24.2. The number of nitrogens with one attached hydrogen (secondary N) is 1. The van der Waals surface area contributed by atoms with Gasteiger partial charge in [0.2, 0.25) is 11.8 Å². The van der Waals surface area contributed by atoms with E-state index in [0.29, 0.717) is 6.42 Å². The number of rotatable bonds is 9. The van der Waals surface area contributed by atoms with Crippen LogP contribution in [-0.4, -0.2) is 55.0 Å². The van der Waals surface area contributed by atoms with Crippen molar-refractivity contribution in [1.29, 1.82) is 0 Å². The van der Waals surface area contributed by atoms with E-state index in [0.717, 1.165) is 32.3 Å². The molecule has 3 fully saturated rings. The molecule has 0 aromatic rings. The minimum Gasteiger partial charge on any atom is -0.381 e. The highest BCUT2D eigenvalue weighted by Gasteiger charge is 2.69. The van der Waals surface area contributed by atoms with E-state index < -0.39 is 11.9 Å². The number of carbonyl (C=O) groups is 2. The zero-order valence-corrected chi connectivity index (χ0v) is 19.9. The molecule has 3 aliphatic rings. The van der Waals surface area contributed by atoms with Crippen LogP contribution >= 0.6 is 0 Å². The molecule has 7 heteroatoms. The Morgan fingerprint density at radius 1 is 1.29 bits per heavy atom. The van der Waals surface area contributed by atoms with Crippen molar-refractivity contribution >= 4 is 11.8 Å². The summed E-state index contributed by atoms with van der Waals surface area (Å²) in [5, 5.41) is 2.83. The van der Waals surface area contributed by atoms with Gasteiger partial charge in [-0.05, 0) is 51.9 Å². The van der Waals surface area contributed by atoms with Crippen molar-refractivity contribution < 1.29 is 23.8 Å². The molecule has 0 aromatic heterocycles. The van der Waals surface area contributed by atoms with Crippen molar-refractivity contribution in [2.75, 3.05) is 13.7 Å². The molecule has 1 aliphatic carbocycles. The summed E-state index contributed by atoms with van der Waals surface area (Å²) in [6.07, 6.45) is 6.13. The van der Waals surface area contributed by atoms with Crippen LogP contribution in [0.3, 0.4) is 0 Å². The average Bonchev–Trinajstić information content (AvgIpc) is 3.33. The fourth-order valence-corrected chi connectivity index (χ4v) is 5.73. The molecule has 1 spiro atoms. The number of epoxide rings is 1. The van der Waals surface area contributed by atoms with Gasteiger partial charge in [-0.2, -0.15) is 0 Å². The molecule has 2 aliphatic heterocycles. The predicted molar refractivity (Wildman–Crippen MR) is 118 cm³/mol. The van der Waals surface area contributed by atoms with Crippen LogP contribution in [0.2, 0.25) is 0 Å². The van der Waals surface area contributed by atoms with Crippen LogP contribution in [0.1, 0.15) is 66.7 Å². The third kappa shape index (κ3) is 4.83. The van der Waals surface area contributed by atoms with Crippen LogP contribution in [0, 0.1) is 17.8 Å². The Morgan fingerprint density at radius 2 is 1.97 bits per heavy atom. The normalized spacial score (nSPS) is 37.8. The summed E-state index contributed by atoms with van der Waals surface area (Å²) in [5.74, 6) is -0.610. The fourth-order valence-electron chi connectivity index (χ4n) is 5.73. The first-order valence-corrected chi connectivity index (χ1v) is 11.6. The molecule has 1 saturated carbocycles. The van der Waals surface area contributed by atoms with E-state index in [9.17, 15) is 9.59 Å². The highest BCUT2D eigenvalue weighted by atomic mass is 16.6. The molecule has 2 amide bonds. The Labute approximate surface area is 186 Å². The molecular weight excluding hydrogens is 396 g/mol. The average molecular weight is 437 g/mol. The maximum Gasteiger partial charge on any atom is 0.240 e.